The predicted molar refractivity (Wildman–Crippen MR) is 115 cm³/mol. The Bertz CT molecular complexity index is 1360. The van der Waals surface area contributed by atoms with Gasteiger partial charge in [-0.2, -0.15) is 0 Å². The molecule has 2 heterocycles. The van der Waals surface area contributed by atoms with Crippen molar-refractivity contribution in [3.63, 3.8) is 0 Å². The maximum atomic E-state index is 6.17. The van der Waals surface area contributed by atoms with E-state index in [1.807, 2.05) is 18.2 Å². The number of nitrogens with one attached hydrogen (secondary N) is 1. The summed E-state index contributed by atoms with van der Waals surface area (Å²) < 4.78 is 2.14. The Hall–Kier alpha value is -3.86. The lowest BCUT2D eigenvalue weighted by Crippen LogP contribution is -2.31. The predicted octanol–water partition coefficient (Wildman–Crippen LogP) is 4.63. The van der Waals surface area contributed by atoms with Crippen molar-refractivity contribution in [2.45, 2.75) is 6.17 Å². The van der Waals surface area contributed by atoms with Gasteiger partial charge in [0.05, 0.1) is 11.0 Å². The normalized spacial score (nSPS) is 16.1. The third-order valence-corrected chi connectivity index (χ3v) is 5.41. The van der Waals surface area contributed by atoms with E-state index >= 15 is 0 Å². The highest BCUT2D eigenvalue weighted by Gasteiger charge is 2.27. The summed E-state index contributed by atoms with van der Waals surface area (Å²) in [5.41, 5.74) is 9.27. The van der Waals surface area contributed by atoms with Gasteiger partial charge in [-0.3, -0.25) is 9.88 Å². The molecule has 1 aromatic heterocycles. The van der Waals surface area contributed by atoms with Gasteiger partial charge in [-0.05, 0) is 39.7 Å². The number of rotatable bonds is 1. The van der Waals surface area contributed by atoms with Crippen molar-refractivity contribution in [1.82, 2.24) is 9.55 Å². The number of nitrogens with two attached hydrogens (primary N) is 1. The molecule has 1 atom stereocenters. The number of aliphatic imine (C=N–C) groups is 1. The van der Waals surface area contributed by atoms with Crippen LogP contribution in [0.2, 0.25) is 0 Å². The van der Waals surface area contributed by atoms with Crippen LogP contribution < -0.4 is 11.1 Å². The third-order valence-electron chi connectivity index (χ3n) is 5.41. The maximum Gasteiger partial charge on any atom is 0.212 e. The van der Waals surface area contributed by atoms with Crippen LogP contribution in [0, 0.1) is 0 Å². The lowest BCUT2D eigenvalue weighted by atomic mass is 9.94. The van der Waals surface area contributed by atoms with Crippen LogP contribution in [-0.4, -0.2) is 15.5 Å². The molecule has 4 aromatic carbocycles. The fraction of sp³-hybridized carbons (Fsp3) is 0.0435. The van der Waals surface area contributed by atoms with Gasteiger partial charge in [0.2, 0.25) is 5.95 Å². The van der Waals surface area contributed by atoms with Crippen molar-refractivity contribution in [1.29, 1.82) is 0 Å². The van der Waals surface area contributed by atoms with E-state index in [0.29, 0.717) is 5.96 Å². The van der Waals surface area contributed by atoms with Crippen LogP contribution >= 0.6 is 0 Å². The topological polar surface area (TPSA) is 68.2 Å². The number of benzene rings is 4. The summed E-state index contributed by atoms with van der Waals surface area (Å²) in [4.78, 5) is 9.55. The monoisotopic (exact) mass is 363 g/mol. The summed E-state index contributed by atoms with van der Waals surface area (Å²) in [6.45, 7) is 0. The fourth-order valence-corrected chi connectivity index (χ4v) is 4.24. The minimum absolute atomic E-state index is 0.292. The van der Waals surface area contributed by atoms with Crippen molar-refractivity contribution in [3.8, 4) is 0 Å². The molecule has 0 radical (unpaired) electrons. The van der Waals surface area contributed by atoms with Gasteiger partial charge in [0.1, 0.15) is 0 Å². The summed E-state index contributed by atoms with van der Waals surface area (Å²) in [6.07, 6.45) is -0.292. The molecule has 28 heavy (non-hydrogen) atoms. The molecule has 6 rings (SSSR count). The number of fused-ring (bicyclic) bond motifs is 5. The molecule has 0 saturated heterocycles. The molecule has 3 N–H and O–H groups in total. The van der Waals surface area contributed by atoms with E-state index in [9.17, 15) is 0 Å². The number of aromatic nitrogens is 2. The molecule has 1 aliphatic heterocycles. The number of para-hydroxylation sites is 2. The Morgan fingerprint density at radius 1 is 0.821 bits per heavy atom. The highest BCUT2D eigenvalue weighted by atomic mass is 15.4. The lowest BCUT2D eigenvalue weighted by Gasteiger charge is -2.26. The number of hydrogen-bond donors (Lipinski definition) is 2. The molecule has 0 fully saturated rings. The number of nitrogens with zero attached hydrogens (tertiary/aromatic N) is 3. The summed E-state index contributed by atoms with van der Waals surface area (Å²) >= 11 is 0. The molecular weight excluding hydrogens is 346 g/mol. The first-order valence-corrected chi connectivity index (χ1v) is 9.27. The molecule has 5 aromatic rings. The molecule has 5 heteroatoms. The van der Waals surface area contributed by atoms with Crippen LogP contribution in [0.3, 0.4) is 0 Å². The number of imidazole rings is 1. The van der Waals surface area contributed by atoms with Gasteiger partial charge < -0.3 is 5.73 Å². The molecule has 0 saturated carbocycles. The van der Waals surface area contributed by atoms with Crippen molar-refractivity contribution in [2.24, 2.45) is 10.7 Å². The summed E-state index contributed by atoms with van der Waals surface area (Å²) in [5.74, 6) is 1.10. The van der Waals surface area contributed by atoms with Crippen LogP contribution in [0.4, 0.5) is 5.95 Å². The maximum absolute atomic E-state index is 6.17. The van der Waals surface area contributed by atoms with E-state index in [0.717, 1.165) is 22.5 Å². The van der Waals surface area contributed by atoms with Gasteiger partial charge in [-0.15, -0.1) is 0 Å². The molecule has 0 spiro atoms. The SMILES string of the molecule is NC1=NC(c2c3ccccc3cc3ccccc23)n2c(nc3ccccc32)N1. The minimum atomic E-state index is -0.292. The Labute approximate surface area is 161 Å². The van der Waals surface area contributed by atoms with Gasteiger partial charge in [0.25, 0.3) is 0 Å². The van der Waals surface area contributed by atoms with E-state index in [1.54, 1.807) is 0 Å². The second kappa shape index (κ2) is 5.57. The molecule has 0 amide bonds. The number of anilines is 1. The highest BCUT2D eigenvalue weighted by molar-refractivity contribution is 6.04. The first-order chi connectivity index (χ1) is 13.8. The van der Waals surface area contributed by atoms with Crippen molar-refractivity contribution in [2.75, 3.05) is 5.32 Å². The Balaban J connectivity index is 1.77. The second-order valence-corrected chi connectivity index (χ2v) is 7.04. The molecule has 0 aliphatic carbocycles. The van der Waals surface area contributed by atoms with Gasteiger partial charge in [-0.1, -0.05) is 60.7 Å². The third kappa shape index (κ3) is 2.07. The first-order valence-electron chi connectivity index (χ1n) is 9.27. The quantitative estimate of drug-likeness (QED) is 0.427. The minimum Gasteiger partial charge on any atom is -0.370 e. The average Bonchev–Trinajstić information content (AvgIpc) is 3.09. The van der Waals surface area contributed by atoms with E-state index in [2.05, 4.69) is 70.5 Å². The summed E-state index contributed by atoms with van der Waals surface area (Å²) in [6, 6.07) is 27.2. The zero-order chi connectivity index (χ0) is 18.7. The number of hydrogen-bond acceptors (Lipinski definition) is 4. The van der Waals surface area contributed by atoms with Crippen molar-refractivity contribution >= 4 is 44.5 Å². The summed E-state index contributed by atoms with van der Waals surface area (Å²) in [5, 5.41) is 7.85. The Kier molecular flexibility index (Phi) is 3.03. The van der Waals surface area contributed by atoms with Gasteiger partial charge >= 0.3 is 0 Å². The van der Waals surface area contributed by atoms with Crippen molar-refractivity contribution < 1.29 is 0 Å². The molecule has 1 aliphatic rings. The number of guanidine groups is 1. The molecular formula is C23H17N5. The Morgan fingerprint density at radius 2 is 1.46 bits per heavy atom. The Morgan fingerprint density at radius 3 is 2.21 bits per heavy atom. The van der Waals surface area contributed by atoms with Crippen LogP contribution in [0.5, 0.6) is 0 Å². The fourth-order valence-electron chi connectivity index (χ4n) is 4.24. The van der Waals surface area contributed by atoms with Gasteiger partial charge in [-0.25, -0.2) is 9.98 Å². The van der Waals surface area contributed by atoms with E-state index in [-0.39, 0.29) is 6.17 Å². The molecule has 5 nitrogen and oxygen atoms in total. The lowest BCUT2D eigenvalue weighted by molar-refractivity contribution is 0.635. The van der Waals surface area contributed by atoms with Crippen LogP contribution in [0.25, 0.3) is 32.6 Å². The van der Waals surface area contributed by atoms with E-state index < -0.39 is 0 Å². The van der Waals surface area contributed by atoms with Gasteiger partial charge in [0.15, 0.2) is 12.1 Å². The van der Waals surface area contributed by atoms with Crippen LogP contribution in [0.1, 0.15) is 11.7 Å². The van der Waals surface area contributed by atoms with Crippen molar-refractivity contribution in [3.05, 3.63) is 84.4 Å². The van der Waals surface area contributed by atoms with E-state index in [4.69, 9.17) is 15.7 Å². The zero-order valence-corrected chi connectivity index (χ0v) is 15.0. The first kappa shape index (κ1) is 15.2. The highest BCUT2D eigenvalue weighted by Crippen LogP contribution is 2.39. The molecule has 0 bridgehead atoms. The van der Waals surface area contributed by atoms with Gasteiger partial charge in [0, 0.05) is 5.56 Å². The van der Waals surface area contributed by atoms with Crippen LogP contribution in [-0.2, 0) is 0 Å². The standard InChI is InChI=1S/C23H17N5/c24-22-26-21(28-19-12-6-5-11-18(19)25-23(28)27-22)20-16-9-3-1-7-14(16)13-15-8-2-4-10-17(15)20/h1-13,21H,(H3,24,25,26,27). The molecule has 134 valence electrons. The summed E-state index contributed by atoms with van der Waals surface area (Å²) in [7, 11) is 0. The average molecular weight is 363 g/mol. The smallest absolute Gasteiger partial charge is 0.212 e. The molecule has 1 unspecified atom stereocenters. The zero-order valence-electron chi connectivity index (χ0n) is 15.0. The van der Waals surface area contributed by atoms with Crippen LogP contribution in [0.15, 0.2) is 83.9 Å². The van der Waals surface area contributed by atoms with E-state index in [1.165, 1.54) is 21.5 Å². The second-order valence-electron chi connectivity index (χ2n) is 7.04. The largest absolute Gasteiger partial charge is 0.370 e.